The Kier molecular flexibility index (Phi) is 14.1. The lowest BCUT2D eigenvalue weighted by molar-refractivity contribution is -0.145. The molecule has 10 heteroatoms. The van der Waals surface area contributed by atoms with Crippen molar-refractivity contribution in [3.63, 3.8) is 0 Å². The molecule has 2 N–H and O–H groups in total. The number of amides is 3. The van der Waals surface area contributed by atoms with Gasteiger partial charge >= 0.3 is 5.97 Å². The van der Waals surface area contributed by atoms with Crippen molar-refractivity contribution in [2.75, 3.05) is 14.2 Å². The first-order chi connectivity index (χ1) is 19.9. The third-order valence-corrected chi connectivity index (χ3v) is 8.65. The van der Waals surface area contributed by atoms with E-state index in [0.29, 0.717) is 36.6 Å². The Balaban J connectivity index is 2.25. The monoisotopic (exact) mass is 600 g/mol. The van der Waals surface area contributed by atoms with Gasteiger partial charge in [0.25, 0.3) is 5.91 Å². The predicted molar refractivity (Wildman–Crippen MR) is 166 cm³/mol. The second-order valence-corrected chi connectivity index (χ2v) is 12.5. The largest absolute Gasteiger partial charge is 0.469 e. The molecule has 0 fully saturated rings. The number of methoxy groups -OCH3 is 1. The summed E-state index contributed by atoms with van der Waals surface area (Å²) in [4.78, 5) is 57.1. The molecular formula is C32H48N4O5S. The highest BCUT2D eigenvalue weighted by molar-refractivity contribution is 7.09. The topological polar surface area (TPSA) is 118 Å². The van der Waals surface area contributed by atoms with Crippen LogP contribution in [0.1, 0.15) is 94.3 Å². The van der Waals surface area contributed by atoms with E-state index in [2.05, 4.69) is 43.3 Å². The fourth-order valence-electron chi connectivity index (χ4n) is 4.98. The van der Waals surface area contributed by atoms with Gasteiger partial charge in [0.2, 0.25) is 11.8 Å². The fourth-order valence-corrected chi connectivity index (χ4v) is 5.85. The maximum Gasteiger partial charge on any atom is 0.308 e. The first-order valence-electron chi connectivity index (χ1n) is 14.8. The van der Waals surface area contributed by atoms with Crippen LogP contribution in [0.3, 0.4) is 0 Å². The average molecular weight is 601 g/mol. The Morgan fingerprint density at radius 3 is 2.26 bits per heavy atom. The van der Waals surface area contributed by atoms with Gasteiger partial charge in [-0.2, -0.15) is 0 Å². The molecule has 1 aromatic heterocycles. The van der Waals surface area contributed by atoms with E-state index in [0.717, 1.165) is 12.0 Å². The van der Waals surface area contributed by atoms with E-state index < -0.39 is 12.0 Å². The molecule has 0 saturated heterocycles. The Morgan fingerprint density at radius 2 is 1.69 bits per heavy atom. The van der Waals surface area contributed by atoms with Crippen LogP contribution in [0.15, 0.2) is 35.7 Å². The van der Waals surface area contributed by atoms with Crippen LogP contribution < -0.4 is 10.6 Å². The molecule has 0 saturated carbocycles. The van der Waals surface area contributed by atoms with Gasteiger partial charge in [-0.15, -0.1) is 11.3 Å². The predicted octanol–water partition coefficient (Wildman–Crippen LogP) is 5.17. The van der Waals surface area contributed by atoms with Gasteiger partial charge in [0.15, 0.2) is 0 Å². The third-order valence-electron chi connectivity index (χ3n) is 7.69. The Labute approximate surface area is 254 Å². The van der Waals surface area contributed by atoms with E-state index in [9.17, 15) is 19.2 Å². The Hall–Kier alpha value is -3.27. The second kappa shape index (κ2) is 17.0. The molecule has 0 aliphatic carbocycles. The van der Waals surface area contributed by atoms with Crippen molar-refractivity contribution in [2.45, 2.75) is 91.8 Å². The van der Waals surface area contributed by atoms with Gasteiger partial charge < -0.3 is 20.3 Å². The van der Waals surface area contributed by atoms with E-state index in [1.807, 2.05) is 37.4 Å². The molecule has 0 unspecified atom stereocenters. The smallest absolute Gasteiger partial charge is 0.308 e. The number of ether oxygens (including phenoxy) is 1. The lowest BCUT2D eigenvalue weighted by Crippen LogP contribution is -2.43. The first kappa shape index (κ1) is 34.9. The number of hydrogen-bond acceptors (Lipinski definition) is 7. The molecule has 3 amide bonds. The highest BCUT2D eigenvalue weighted by Crippen LogP contribution is 2.28. The molecule has 0 spiro atoms. The van der Waals surface area contributed by atoms with Crippen LogP contribution >= 0.6 is 11.3 Å². The number of thiazole rings is 1. The maximum atomic E-state index is 13.4. The zero-order chi connectivity index (χ0) is 31.4. The van der Waals surface area contributed by atoms with Crippen LogP contribution in [-0.4, -0.2) is 59.8 Å². The molecule has 1 heterocycles. The number of carbonyl (C=O) groups is 4. The molecule has 5 atom stereocenters. The SMILES string of the molecule is CC[C@H](C)CC(=O)N(C)[C@H](C[C@@H](NC(C)=O)c1nc(C(=O)N[C@@H](Cc2ccccc2)C[C@H](C)C(=O)OC)cs1)C(C)C. The molecule has 2 aromatic rings. The zero-order valence-electron chi connectivity index (χ0n) is 26.3. The molecular weight excluding hydrogens is 552 g/mol. The van der Waals surface area contributed by atoms with E-state index in [1.165, 1.54) is 25.4 Å². The summed E-state index contributed by atoms with van der Waals surface area (Å²) in [6.45, 7) is 11.5. The van der Waals surface area contributed by atoms with Crippen LogP contribution in [0, 0.1) is 17.8 Å². The summed E-state index contributed by atoms with van der Waals surface area (Å²) < 4.78 is 4.90. The summed E-state index contributed by atoms with van der Waals surface area (Å²) in [7, 11) is 3.18. The average Bonchev–Trinajstić information content (AvgIpc) is 3.45. The van der Waals surface area contributed by atoms with Gasteiger partial charge in [-0.1, -0.05) is 71.4 Å². The van der Waals surface area contributed by atoms with Crippen LogP contribution in [0.2, 0.25) is 0 Å². The number of nitrogens with one attached hydrogen (secondary N) is 2. The molecule has 0 aliphatic heterocycles. The third kappa shape index (κ3) is 10.9. The molecule has 1 aromatic carbocycles. The Bertz CT molecular complexity index is 1170. The number of aromatic nitrogens is 1. The lowest BCUT2D eigenvalue weighted by atomic mass is 9.94. The number of carbonyl (C=O) groups excluding carboxylic acids is 4. The van der Waals surface area contributed by atoms with Gasteiger partial charge in [0.1, 0.15) is 10.7 Å². The summed E-state index contributed by atoms with van der Waals surface area (Å²) >= 11 is 1.31. The highest BCUT2D eigenvalue weighted by atomic mass is 32.1. The molecule has 0 bridgehead atoms. The van der Waals surface area contributed by atoms with Crippen molar-refractivity contribution in [3.8, 4) is 0 Å². The Morgan fingerprint density at radius 1 is 1.02 bits per heavy atom. The normalized spacial score (nSPS) is 14.8. The van der Waals surface area contributed by atoms with E-state index in [4.69, 9.17) is 4.74 Å². The van der Waals surface area contributed by atoms with Crippen LogP contribution in [-0.2, 0) is 25.5 Å². The maximum absolute atomic E-state index is 13.4. The molecule has 42 heavy (non-hydrogen) atoms. The van der Waals surface area contributed by atoms with Crippen molar-refractivity contribution in [1.29, 1.82) is 0 Å². The van der Waals surface area contributed by atoms with Crippen molar-refractivity contribution >= 4 is 35.0 Å². The van der Waals surface area contributed by atoms with Crippen molar-refractivity contribution in [2.24, 2.45) is 17.8 Å². The summed E-state index contributed by atoms with van der Waals surface area (Å²) in [5.74, 6) is -0.772. The summed E-state index contributed by atoms with van der Waals surface area (Å²) in [5.41, 5.74) is 1.28. The zero-order valence-corrected chi connectivity index (χ0v) is 27.1. The van der Waals surface area contributed by atoms with Gasteiger partial charge in [0.05, 0.1) is 19.1 Å². The quantitative estimate of drug-likeness (QED) is 0.257. The fraction of sp³-hybridized carbons (Fsp3) is 0.594. The second-order valence-electron chi connectivity index (χ2n) is 11.6. The first-order valence-corrected chi connectivity index (χ1v) is 15.6. The number of esters is 1. The van der Waals surface area contributed by atoms with Gasteiger partial charge in [-0.3, -0.25) is 19.2 Å². The van der Waals surface area contributed by atoms with E-state index in [-0.39, 0.29) is 47.4 Å². The lowest BCUT2D eigenvalue weighted by Gasteiger charge is -2.34. The molecule has 0 radical (unpaired) electrons. The van der Waals surface area contributed by atoms with Crippen molar-refractivity contribution < 1.29 is 23.9 Å². The van der Waals surface area contributed by atoms with Crippen LogP contribution in [0.25, 0.3) is 0 Å². The molecule has 0 aliphatic rings. The molecule has 9 nitrogen and oxygen atoms in total. The number of nitrogens with zero attached hydrogens (tertiary/aromatic N) is 2. The van der Waals surface area contributed by atoms with Crippen LogP contribution in [0.5, 0.6) is 0 Å². The number of rotatable bonds is 16. The van der Waals surface area contributed by atoms with Gasteiger partial charge in [0, 0.05) is 37.9 Å². The van der Waals surface area contributed by atoms with E-state index >= 15 is 0 Å². The summed E-state index contributed by atoms with van der Waals surface area (Å²) in [5, 5.41) is 8.33. The van der Waals surface area contributed by atoms with Crippen molar-refractivity contribution in [1.82, 2.24) is 20.5 Å². The minimum Gasteiger partial charge on any atom is -0.469 e. The van der Waals surface area contributed by atoms with Gasteiger partial charge in [-0.05, 0) is 36.7 Å². The van der Waals surface area contributed by atoms with E-state index in [1.54, 1.807) is 17.2 Å². The molecule has 2 rings (SSSR count). The standard InChI is InChI=1S/C32H48N4O5S/c1-9-21(4)15-29(38)36(7)28(20(2)3)18-26(33-23(6)37)31-35-27(19-42-31)30(39)34-25(16-22(5)32(40)41-8)17-24-13-11-10-12-14-24/h10-14,19-22,25-26,28H,9,15-18H2,1-8H3,(H,33,37)(H,34,39)/t21-,22-,25+,26+,28+/m0/s1. The highest BCUT2D eigenvalue weighted by Gasteiger charge is 2.30. The summed E-state index contributed by atoms with van der Waals surface area (Å²) in [6.07, 6.45) is 2.83. The molecule has 232 valence electrons. The van der Waals surface area contributed by atoms with Crippen molar-refractivity contribution in [3.05, 3.63) is 52.0 Å². The minimum atomic E-state index is -0.459. The number of hydrogen-bond donors (Lipinski definition) is 2. The number of benzene rings is 1. The van der Waals surface area contributed by atoms with Crippen LogP contribution in [0.4, 0.5) is 0 Å². The summed E-state index contributed by atoms with van der Waals surface area (Å²) in [6, 6.07) is 8.86. The minimum absolute atomic E-state index is 0.0782. The van der Waals surface area contributed by atoms with Gasteiger partial charge in [-0.25, -0.2) is 4.98 Å².